The predicted octanol–water partition coefficient (Wildman–Crippen LogP) is 4.65. The van der Waals surface area contributed by atoms with Gasteiger partial charge in [0.05, 0.1) is 0 Å². The summed E-state index contributed by atoms with van der Waals surface area (Å²) in [4.78, 5) is 0. The molecular formula is C18H27NS. The van der Waals surface area contributed by atoms with E-state index >= 15 is 0 Å². The molecule has 0 amide bonds. The summed E-state index contributed by atoms with van der Waals surface area (Å²) >= 11 is 2.13. The summed E-state index contributed by atoms with van der Waals surface area (Å²) in [5.41, 5.74) is 1.50. The fraction of sp³-hybridized carbons (Fsp3) is 0.667. The molecule has 0 bridgehead atoms. The van der Waals surface area contributed by atoms with Crippen LogP contribution >= 0.6 is 11.8 Å². The van der Waals surface area contributed by atoms with E-state index in [0.717, 1.165) is 11.8 Å². The highest BCUT2D eigenvalue weighted by molar-refractivity contribution is 7.99. The van der Waals surface area contributed by atoms with Gasteiger partial charge >= 0.3 is 0 Å². The van der Waals surface area contributed by atoms with E-state index in [4.69, 9.17) is 0 Å². The minimum absolute atomic E-state index is 0.585. The number of hydrogen-bond acceptors (Lipinski definition) is 2. The van der Waals surface area contributed by atoms with Gasteiger partial charge in [-0.25, -0.2) is 0 Å². The molecule has 2 atom stereocenters. The van der Waals surface area contributed by atoms with Crippen molar-refractivity contribution in [2.45, 2.75) is 44.6 Å². The molecule has 2 aliphatic rings. The minimum Gasteiger partial charge on any atom is -0.309 e. The van der Waals surface area contributed by atoms with Gasteiger partial charge in [-0.15, -0.1) is 0 Å². The molecule has 2 unspecified atom stereocenters. The van der Waals surface area contributed by atoms with Gasteiger partial charge in [-0.1, -0.05) is 49.6 Å². The van der Waals surface area contributed by atoms with Gasteiger partial charge < -0.3 is 5.32 Å². The highest BCUT2D eigenvalue weighted by Gasteiger charge is 2.26. The zero-order valence-corrected chi connectivity index (χ0v) is 13.2. The molecule has 1 aromatic carbocycles. The van der Waals surface area contributed by atoms with Gasteiger partial charge in [0.15, 0.2) is 0 Å². The fourth-order valence-electron chi connectivity index (χ4n) is 3.72. The largest absolute Gasteiger partial charge is 0.309 e. The standard InChI is InChI=1S/C18H27NS/c1-3-7-16(8-4-1)18(17-9-5-2-6-10-17)19-13-15-11-12-20-14-15/h1,3-4,7-8,15,17-19H,2,5-6,9-14H2. The molecule has 20 heavy (non-hydrogen) atoms. The van der Waals surface area contributed by atoms with Gasteiger partial charge in [-0.2, -0.15) is 11.8 Å². The molecule has 0 spiro atoms. The summed E-state index contributed by atoms with van der Waals surface area (Å²) in [7, 11) is 0. The van der Waals surface area contributed by atoms with Gasteiger partial charge in [-0.05, 0) is 54.7 Å². The first kappa shape index (κ1) is 14.5. The molecule has 2 fully saturated rings. The van der Waals surface area contributed by atoms with Crippen molar-refractivity contribution >= 4 is 11.8 Å². The predicted molar refractivity (Wildman–Crippen MR) is 89.2 cm³/mol. The molecule has 0 radical (unpaired) electrons. The number of hydrogen-bond donors (Lipinski definition) is 1. The molecule has 2 heteroatoms. The first-order valence-electron chi connectivity index (χ1n) is 8.29. The van der Waals surface area contributed by atoms with E-state index < -0.39 is 0 Å². The number of nitrogens with one attached hydrogen (secondary N) is 1. The van der Waals surface area contributed by atoms with Crippen molar-refractivity contribution in [3.63, 3.8) is 0 Å². The molecule has 1 saturated carbocycles. The molecule has 1 aromatic rings. The second kappa shape index (κ2) is 7.51. The van der Waals surface area contributed by atoms with Crippen LogP contribution in [-0.4, -0.2) is 18.1 Å². The molecule has 0 aromatic heterocycles. The average Bonchev–Trinajstić information content (AvgIpc) is 3.03. The molecule has 3 rings (SSSR count). The van der Waals surface area contributed by atoms with E-state index in [1.807, 2.05) is 0 Å². The highest BCUT2D eigenvalue weighted by Crippen LogP contribution is 2.35. The monoisotopic (exact) mass is 289 g/mol. The smallest absolute Gasteiger partial charge is 0.0348 e. The van der Waals surface area contributed by atoms with Crippen LogP contribution in [0.2, 0.25) is 0 Å². The van der Waals surface area contributed by atoms with Crippen molar-refractivity contribution < 1.29 is 0 Å². The van der Waals surface area contributed by atoms with Crippen LogP contribution in [0.25, 0.3) is 0 Å². The summed E-state index contributed by atoms with van der Waals surface area (Å²) < 4.78 is 0. The van der Waals surface area contributed by atoms with Crippen LogP contribution in [0, 0.1) is 11.8 Å². The maximum Gasteiger partial charge on any atom is 0.0348 e. The summed E-state index contributed by atoms with van der Waals surface area (Å²) in [6.45, 7) is 1.21. The summed E-state index contributed by atoms with van der Waals surface area (Å²) in [5.74, 6) is 4.47. The normalized spacial score (nSPS) is 25.7. The second-order valence-corrected chi connectivity index (χ2v) is 7.57. The number of rotatable bonds is 5. The molecule has 1 nitrogen and oxygen atoms in total. The van der Waals surface area contributed by atoms with Crippen LogP contribution < -0.4 is 5.32 Å². The van der Waals surface area contributed by atoms with Crippen molar-refractivity contribution in [2.24, 2.45) is 11.8 Å². The Morgan fingerprint density at radius 1 is 1.05 bits per heavy atom. The Hall–Kier alpha value is -0.470. The molecule has 1 aliphatic carbocycles. The number of thioether (sulfide) groups is 1. The molecule has 1 aliphatic heterocycles. The lowest BCUT2D eigenvalue weighted by atomic mass is 9.81. The first-order valence-corrected chi connectivity index (χ1v) is 9.45. The molecule has 1 heterocycles. The van der Waals surface area contributed by atoms with Crippen molar-refractivity contribution in [2.75, 3.05) is 18.1 Å². The molecular weight excluding hydrogens is 262 g/mol. The third-order valence-corrected chi connectivity index (χ3v) is 6.16. The van der Waals surface area contributed by atoms with Crippen LogP contribution in [0.3, 0.4) is 0 Å². The van der Waals surface area contributed by atoms with Crippen LogP contribution in [0.5, 0.6) is 0 Å². The quantitative estimate of drug-likeness (QED) is 0.846. The number of benzene rings is 1. The van der Waals surface area contributed by atoms with Crippen LogP contribution in [0.4, 0.5) is 0 Å². The molecule has 1 saturated heterocycles. The SMILES string of the molecule is c1ccc(C(NCC2CCSC2)C2CCCCC2)cc1. The van der Waals surface area contributed by atoms with E-state index in [1.54, 1.807) is 0 Å². The Morgan fingerprint density at radius 3 is 2.55 bits per heavy atom. The zero-order chi connectivity index (χ0) is 13.6. The van der Waals surface area contributed by atoms with Gasteiger partial charge in [0.25, 0.3) is 0 Å². The Labute approximate surface area is 127 Å². The summed E-state index contributed by atoms with van der Waals surface area (Å²) in [5, 5.41) is 3.93. The lowest BCUT2D eigenvalue weighted by Crippen LogP contribution is -2.33. The summed E-state index contributed by atoms with van der Waals surface area (Å²) in [6.07, 6.45) is 8.52. The fourth-order valence-corrected chi connectivity index (χ4v) is 5.01. The molecule has 1 N–H and O–H groups in total. The third kappa shape index (κ3) is 3.79. The lowest BCUT2D eigenvalue weighted by Gasteiger charge is -2.32. The zero-order valence-electron chi connectivity index (χ0n) is 12.4. The van der Waals surface area contributed by atoms with Gasteiger partial charge in [0.1, 0.15) is 0 Å². The topological polar surface area (TPSA) is 12.0 Å². The highest BCUT2D eigenvalue weighted by atomic mass is 32.2. The van der Waals surface area contributed by atoms with E-state index in [0.29, 0.717) is 6.04 Å². The van der Waals surface area contributed by atoms with Gasteiger partial charge in [-0.3, -0.25) is 0 Å². The van der Waals surface area contributed by atoms with Crippen LogP contribution in [-0.2, 0) is 0 Å². The Morgan fingerprint density at radius 2 is 1.85 bits per heavy atom. The first-order chi connectivity index (χ1) is 9.93. The lowest BCUT2D eigenvalue weighted by molar-refractivity contribution is 0.264. The van der Waals surface area contributed by atoms with Crippen molar-refractivity contribution in [3.05, 3.63) is 35.9 Å². The summed E-state index contributed by atoms with van der Waals surface area (Å²) in [6, 6.07) is 11.7. The molecule has 110 valence electrons. The van der Waals surface area contributed by atoms with Crippen LogP contribution in [0.15, 0.2) is 30.3 Å². The Kier molecular flexibility index (Phi) is 5.43. The Bertz CT molecular complexity index is 380. The van der Waals surface area contributed by atoms with Crippen molar-refractivity contribution in [1.29, 1.82) is 0 Å². The van der Waals surface area contributed by atoms with E-state index in [-0.39, 0.29) is 0 Å². The van der Waals surface area contributed by atoms with E-state index in [2.05, 4.69) is 47.4 Å². The van der Waals surface area contributed by atoms with Crippen molar-refractivity contribution in [1.82, 2.24) is 5.32 Å². The second-order valence-electron chi connectivity index (χ2n) is 6.42. The maximum atomic E-state index is 3.93. The third-order valence-electron chi connectivity index (χ3n) is 4.93. The van der Waals surface area contributed by atoms with Crippen molar-refractivity contribution in [3.8, 4) is 0 Å². The van der Waals surface area contributed by atoms with Gasteiger partial charge in [0, 0.05) is 6.04 Å². The van der Waals surface area contributed by atoms with E-state index in [1.165, 1.54) is 62.1 Å². The van der Waals surface area contributed by atoms with Gasteiger partial charge in [0.2, 0.25) is 0 Å². The minimum atomic E-state index is 0.585. The Balaban J connectivity index is 1.65. The van der Waals surface area contributed by atoms with E-state index in [9.17, 15) is 0 Å². The average molecular weight is 289 g/mol. The van der Waals surface area contributed by atoms with Crippen LogP contribution in [0.1, 0.15) is 50.1 Å². The maximum absolute atomic E-state index is 3.93.